The second kappa shape index (κ2) is 8.99. The van der Waals surface area contributed by atoms with Gasteiger partial charge in [-0.1, -0.05) is 24.6 Å². The molecule has 1 aromatic carbocycles. The van der Waals surface area contributed by atoms with Gasteiger partial charge < -0.3 is 10.4 Å². The SMILES string of the molecule is CCC(=NCCN1CCNCC1)c1c(O)n(-c2ccc(C)cc2)c(=O)[nH]c1=O. The fourth-order valence-corrected chi connectivity index (χ4v) is 3.35. The molecule has 0 saturated carbocycles. The second-order valence-corrected chi connectivity index (χ2v) is 6.90. The molecule has 1 aliphatic rings. The van der Waals surface area contributed by atoms with Gasteiger partial charge in [0.25, 0.3) is 5.56 Å². The fourth-order valence-electron chi connectivity index (χ4n) is 3.35. The molecule has 8 heteroatoms. The third-order valence-corrected chi connectivity index (χ3v) is 4.93. The molecule has 0 unspecified atom stereocenters. The lowest BCUT2D eigenvalue weighted by Gasteiger charge is -2.26. The van der Waals surface area contributed by atoms with Gasteiger partial charge in [0, 0.05) is 32.7 Å². The molecule has 28 heavy (non-hydrogen) atoms. The fraction of sp³-hybridized carbons (Fsp3) is 0.450. The van der Waals surface area contributed by atoms with Crippen molar-refractivity contribution in [2.75, 3.05) is 39.3 Å². The van der Waals surface area contributed by atoms with E-state index in [1.54, 1.807) is 12.1 Å². The maximum atomic E-state index is 12.4. The Bertz CT molecular complexity index is 953. The van der Waals surface area contributed by atoms with Crippen molar-refractivity contribution in [1.82, 2.24) is 19.8 Å². The zero-order chi connectivity index (χ0) is 20.1. The summed E-state index contributed by atoms with van der Waals surface area (Å²) in [5.74, 6) is -0.375. The number of nitrogens with one attached hydrogen (secondary N) is 2. The van der Waals surface area contributed by atoms with E-state index in [1.807, 2.05) is 26.0 Å². The van der Waals surface area contributed by atoms with Crippen LogP contribution in [0.2, 0.25) is 0 Å². The first-order chi connectivity index (χ1) is 13.5. The van der Waals surface area contributed by atoms with Gasteiger partial charge >= 0.3 is 5.69 Å². The van der Waals surface area contributed by atoms with E-state index >= 15 is 0 Å². The summed E-state index contributed by atoms with van der Waals surface area (Å²) < 4.78 is 1.11. The Labute approximate surface area is 163 Å². The minimum atomic E-state index is -0.675. The molecule has 3 rings (SSSR count). The first-order valence-electron chi connectivity index (χ1n) is 9.63. The molecule has 0 amide bonds. The smallest absolute Gasteiger partial charge is 0.335 e. The van der Waals surface area contributed by atoms with Gasteiger partial charge in [-0.15, -0.1) is 0 Å². The van der Waals surface area contributed by atoms with Crippen molar-refractivity contribution in [1.29, 1.82) is 0 Å². The number of aryl methyl sites for hydroxylation is 1. The van der Waals surface area contributed by atoms with Crippen molar-refractivity contribution in [3.8, 4) is 11.6 Å². The zero-order valence-electron chi connectivity index (χ0n) is 16.4. The van der Waals surface area contributed by atoms with Crippen LogP contribution >= 0.6 is 0 Å². The van der Waals surface area contributed by atoms with Crippen LogP contribution in [0.4, 0.5) is 0 Å². The standard InChI is InChI=1S/C20H27N5O3/c1-3-16(22-10-13-24-11-8-21-9-12-24)17-18(26)23-20(28)25(19(17)27)15-6-4-14(2)5-7-15/h4-7,21,27H,3,8-13H2,1-2H3,(H,23,26,28). The van der Waals surface area contributed by atoms with Crippen molar-refractivity contribution in [3.05, 3.63) is 56.2 Å². The number of nitrogens with zero attached hydrogens (tertiary/aromatic N) is 3. The third-order valence-electron chi connectivity index (χ3n) is 4.93. The zero-order valence-corrected chi connectivity index (χ0v) is 16.4. The molecular formula is C20H27N5O3. The van der Waals surface area contributed by atoms with Crippen molar-refractivity contribution in [3.63, 3.8) is 0 Å². The number of rotatable bonds is 6. The highest BCUT2D eigenvalue weighted by molar-refractivity contribution is 6.02. The first kappa shape index (κ1) is 20.0. The topological polar surface area (TPSA) is 103 Å². The molecule has 1 aromatic heterocycles. The molecule has 0 atom stereocenters. The Morgan fingerprint density at radius 1 is 1.18 bits per heavy atom. The maximum Gasteiger partial charge on any atom is 0.335 e. The number of aromatic hydroxyl groups is 1. The van der Waals surface area contributed by atoms with Crippen molar-refractivity contribution in [2.24, 2.45) is 4.99 Å². The van der Waals surface area contributed by atoms with E-state index in [2.05, 4.69) is 20.2 Å². The van der Waals surface area contributed by atoms with E-state index in [9.17, 15) is 14.7 Å². The van der Waals surface area contributed by atoms with Crippen molar-refractivity contribution in [2.45, 2.75) is 20.3 Å². The quantitative estimate of drug-likeness (QED) is 0.634. The van der Waals surface area contributed by atoms with Gasteiger partial charge in [-0.05, 0) is 25.5 Å². The molecule has 0 spiro atoms. The van der Waals surface area contributed by atoms with E-state index in [0.717, 1.165) is 42.9 Å². The highest BCUT2D eigenvalue weighted by Gasteiger charge is 2.19. The average Bonchev–Trinajstić information content (AvgIpc) is 2.68. The predicted octanol–water partition coefficient (Wildman–Crippen LogP) is 0.644. The number of aromatic nitrogens is 2. The van der Waals surface area contributed by atoms with Crippen LogP contribution in [0.15, 0.2) is 38.8 Å². The van der Waals surface area contributed by atoms with Crippen LogP contribution in [-0.2, 0) is 0 Å². The Morgan fingerprint density at radius 2 is 1.86 bits per heavy atom. The molecule has 2 heterocycles. The van der Waals surface area contributed by atoms with Gasteiger partial charge in [0.15, 0.2) is 0 Å². The van der Waals surface area contributed by atoms with Crippen molar-refractivity contribution >= 4 is 5.71 Å². The van der Waals surface area contributed by atoms with Crippen LogP contribution in [0.5, 0.6) is 5.88 Å². The highest BCUT2D eigenvalue weighted by Crippen LogP contribution is 2.18. The summed E-state index contributed by atoms with van der Waals surface area (Å²) in [5.41, 5.74) is 0.782. The molecule has 0 bridgehead atoms. The molecule has 1 aliphatic heterocycles. The molecule has 8 nitrogen and oxygen atoms in total. The van der Waals surface area contributed by atoms with Crippen molar-refractivity contribution < 1.29 is 5.11 Å². The van der Waals surface area contributed by atoms with Gasteiger partial charge in [0.2, 0.25) is 5.88 Å². The summed E-state index contributed by atoms with van der Waals surface area (Å²) in [6, 6.07) is 7.14. The number of benzene rings is 1. The molecule has 3 N–H and O–H groups in total. The highest BCUT2D eigenvalue weighted by atomic mass is 16.3. The van der Waals surface area contributed by atoms with E-state index in [-0.39, 0.29) is 11.4 Å². The summed E-state index contributed by atoms with van der Waals surface area (Å²) in [6.07, 6.45) is 0.476. The number of H-pyrrole nitrogens is 1. The number of hydrogen-bond donors (Lipinski definition) is 3. The minimum Gasteiger partial charge on any atom is -0.493 e. The number of piperazine rings is 1. The van der Waals surface area contributed by atoms with Crippen LogP contribution in [0, 0.1) is 6.92 Å². The first-order valence-corrected chi connectivity index (χ1v) is 9.63. The predicted molar refractivity (Wildman–Crippen MR) is 110 cm³/mol. The molecule has 0 aliphatic carbocycles. The number of aromatic amines is 1. The van der Waals surface area contributed by atoms with Gasteiger partial charge in [0.1, 0.15) is 5.56 Å². The number of aliphatic imine (C=N–C) groups is 1. The third kappa shape index (κ3) is 4.40. The summed E-state index contributed by atoms with van der Waals surface area (Å²) in [6.45, 7) is 9.02. The van der Waals surface area contributed by atoms with Crippen LogP contribution in [0.25, 0.3) is 5.69 Å². The van der Waals surface area contributed by atoms with E-state index in [1.165, 1.54) is 0 Å². The molecule has 1 saturated heterocycles. The average molecular weight is 385 g/mol. The summed E-state index contributed by atoms with van der Waals surface area (Å²) >= 11 is 0. The van der Waals surface area contributed by atoms with Gasteiger partial charge in [-0.2, -0.15) is 0 Å². The number of hydrogen-bond acceptors (Lipinski definition) is 6. The summed E-state index contributed by atoms with van der Waals surface area (Å²) in [7, 11) is 0. The summed E-state index contributed by atoms with van der Waals surface area (Å²) in [4.78, 5) is 33.9. The lowest BCUT2D eigenvalue weighted by atomic mass is 10.1. The van der Waals surface area contributed by atoms with E-state index < -0.39 is 11.2 Å². The lowest BCUT2D eigenvalue weighted by molar-refractivity contribution is 0.247. The van der Waals surface area contributed by atoms with Crippen LogP contribution in [-0.4, -0.2) is 64.5 Å². The Balaban J connectivity index is 1.93. The Kier molecular flexibility index (Phi) is 6.43. The Morgan fingerprint density at radius 3 is 2.50 bits per heavy atom. The van der Waals surface area contributed by atoms with Gasteiger partial charge in [0.05, 0.1) is 17.9 Å². The van der Waals surface area contributed by atoms with E-state index in [0.29, 0.717) is 24.4 Å². The maximum absolute atomic E-state index is 12.4. The second-order valence-electron chi connectivity index (χ2n) is 6.90. The normalized spacial score (nSPS) is 15.7. The van der Waals surface area contributed by atoms with Crippen LogP contribution < -0.4 is 16.6 Å². The minimum absolute atomic E-state index is 0.0583. The molecule has 150 valence electrons. The molecular weight excluding hydrogens is 358 g/mol. The van der Waals surface area contributed by atoms with E-state index in [4.69, 9.17) is 0 Å². The van der Waals surface area contributed by atoms with Crippen LogP contribution in [0.1, 0.15) is 24.5 Å². The monoisotopic (exact) mass is 385 g/mol. The lowest BCUT2D eigenvalue weighted by Crippen LogP contribution is -2.44. The van der Waals surface area contributed by atoms with Crippen LogP contribution in [0.3, 0.4) is 0 Å². The van der Waals surface area contributed by atoms with Gasteiger partial charge in [-0.3, -0.25) is 19.7 Å². The molecule has 2 aromatic rings. The summed E-state index contributed by atoms with van der Waals surface area (Å²) in [5, 5.41) is 14.1. The molecule has 0 radical (unpaired) electrons. The Hall–Kier alpha value is -2.71. The van der Waals surface area contributed by atoms with Gasteiger partial charge in [-0.25, -0.2) is 9.36 Å². The largest absolute Gasteiger partial charge is 0.493 e. The molecule has 1 fully saturated rings.